The lowest BCUT2D eigenvalue weighted by atomic mass is 9.98. The van der Waals surface area contributed by atoms with Gasteiger partial charge in [-0.3, -0.25) is 19.3 Å². The number of fused-ring (bicyclic) bond motifs is 2. The second kappa shape index (κ2) is 6.68. The third kappa shape index (κ3) is 3.09. The minimum atomic E-state index is -0.343. The molecule has 3 amide bonds. The van der Waals surface area contributed by atoms with Crippen LogP contribution in [0.3, 0.4) is 0 Å². The largest absolute Gasteiger partial charge is 0.302 e. The Morgan fingerprint density at radius 2 is 1.88 bits per heavy atom. The quantitative estimate of drug-likeness (QED) is 0.721. The zero-order valence-corrected chi connectivity index (χ0v) is 14.6. The van der Waals surface area contributed by atoms with Gasteiger partial charge in [0.05, 0.1) is 16.6 Å². The van der Waals surface area contributed by atoms with Crippen molar-refractivity contribution < 1.29 is 14.4 Å². The predicted molar refractivity (Wildman–Crippen MR) is 99.1 cm³/mol. The number of imide groups is 1. The van der Waals surface area contributed by atoms with Gasteiger partial charge in [-0.1, -0.05) is 41.7 Å². The summed E-state index contributed by atoms with van der Waals surface area (Å²) < 4.78 is 0.987. The van der Waals surface area contributed by atoms with Crippen LogP contribution in [0.4, 0.5) is 5.13 Å². The molecule has 7 heteroatoms. The molecule has 0 unspecified atom stereocenters. The van der Waals surface area contributed by atoms with E-state index in [1.807, 2.05) is 24.3 Å². The van der Waals surface area contributed by atoms with Crippen LogP contribution >= 0.6 is 11.3 Å². The molecule has 0 fully saturated rings. The average Bonchev–Trinajstić information content (AvgIpc) is 3.03. The minimum Gasteiger partial charge on any atom is -0.302 e. The summed E-state index contributed by atoms with van der Waals surface area (Å²) in [6, 6.07) is 14.7. The number of carbonyl (C=O) groups excluding carboxylic acids is 3. The summed E-state index contributed by atoms with van der Waals surface area (Å²) in [6.45, 7) is 0.0583. The second-order valence-corrected chi connectivity index (χ2v) is 7.00. The molecular formula is C19H15N3O3S. The Labute approximate surface area is 153 Å². The molecule has 0 saturated carbocycles. The van der Waals surface area contributed by atoms with Crippen LogP contribution in [0.2, 0.25) is 0 Å². The molecule has 0 aliphatic carbocycles. The molecule has 26 heavy (non-hydrogen) atoms. The van der Waals surface area contributed by atoms with Crippen LogP contribution in [0.5, 0.6) is 0 Å². The smallest absolute Gasteiger partial charge is 0.260 e. The molecule has 2 heterocycles. The first-order valence-corrected chi connectivity index (χ1v) is 9.01. The fourth-order valence-electron chi connectivity index (χ4n) is 2.95. The third-order valence-electron chi connectivity index (χ3n) is 4.24. The maximum Gasteiger partial charge on any atom is 0.260 e. The van der Waals surface area contributed by atoms with E-state index in [-0.39, 0.29) is 37.1 Å². The zero-order valence-electron chi connectivity index (χ0n) is 13.8. The third-order valence-corrected chi connectivity index (χ3v) is 5.19. The first kappa shape index (κ1) is 16.4. The van der Waals surface area contributed by atoms with Gasteiger partial charge < -0.3 is 5.32 Å². The zero-order chi connectivity index (χ0) is 18.1. The molecule has 6 nitrogen and oxygen atoms in total. The van der Waals surface area contributed by atoms with Crippen molar-refractivity contribution in [2.24, 2.45) is 0 Å². The molecule has 1 aliphatic rings. The van der Waals surface area contributed by atoms with Gasteiger partial charge >= 0.3 is 0 Å². The van der Waals surface area contributed by atoms with Crippen molar-refractivity contribution in [3.63, 3.8) is 0 Å². The predicted octanol–water partition coefficient (Wildman–Crippen LogP) is 2.85. The molecule has 3 aromatic rings. The fourth-order valence-corrected chi connectivity index (χ4v) is 3.83. The number of hydrogen-bond donors (Lipinski definition) is 1. The molecule has 2 aromatic carbocycles. The van der Waals surface area contributed by atoms with Gasteiger partial charge in [-0.15, -0.1) is 0 Å². The van der Waals surface area contributed by atoms with E-state index in [2.05, 4.69) is 10.3 Å². The Morgan fingerprint density at radius 1 is 1.12 bits per heavy atom. The first-order valence-electron chi connectivity index (χ1n) is 8.20. The Hall–Kier alpha value is -3.06. The van der Waals surface area contributed by atoms with Gasteiger partial charge in [0, 0.05) is 18.5 Å². The molecule has 4 rings (SSSR count). The molecular weight excluding hydrogens is 350 g/mol. The summed E-state index contributed by atoms with van der Waals surface area (Å²) in [4.78, 5) is 42.4. The van der Waals surface area contributed by atoms with E-state index < -0.39 is 0 Å². The van der Waals surface area contributed by atoms with E-state index in [1.54, 1.807) is 24.3 Å². The van der Waals surface area contributed by atoms with Crippen molar-refractivity contribution in [3.8, 4) is 0 Å². The number of rotatable bonds is 4. The lowest BCUT2D eigenvalue weighted by molar-refractivity contribution is -0.128. The van der Waals surface area contributed by atoms with Crippen LogP contribution in [0.25, 0.3) is 10.2 Å². The number of nitrogens with one attached hydrogen (secondary N) is 1. The SMILES string of the molecule is O=C(CCN1C(=O)Cc2ccccc2C1=O)Nc1nc2ccccc2s1. The van der Waals surface area contributed by atoms with Gasteiger partial charge in [0.15, 0.2) is 5.13 Å². The van der Waals surface area contributed by atoms with Crippen LogP contribution in [0.1, 0.15) is 22.3 Å². The van der Waals surface area contributed by atoms with Gasteiger partial charge in [0.2, 0.25) is 11.8 Å². The van der Waals surface area contributed by atoms with Gasteiger partial charge in [-0.25, -0.2) is 4.98 Å². The number of benzene rings is 2. The molecule has 1 aliphatic heterocycles. The number of thiazole rings is 1. The van der Waals surface area contributed by atoms with Gasteiger partial charge in [0.25, 0.3) is 5.91 Å². The van der Waals surface area contributed by atoms with Gasteiger partial charge in [0.1, 0.15) is 0 Å². The van der Waals surface area contributed by atoms with Crippen LogP contribution in [-0.4, -0.2) is 34.2 Å². The van der Waals surface area contributed by atoms with Crippen LogP contribution in [0, 0.1) is 0 Å². The Kier molecular flexibility index (Phi) is 4.22. The molecule has 1 N–H and O–H groups in total. The highest BCUT2D eigenvalue weighted by Crippen LogP contribution is 2.25. The van der Waals surface area contributed by atoms with E-state index in [9.17, 15) is 14.4 Å². The van der Waals surface area contributed by atoms with Crippen molar-refractivity contribution in [1.82, 2.24) is 9.88 Å². The first-order chi connectivity index (χ1) is 12.6. The summed E-state index contributed by atoms with van der Waals surface area (Å²) in [7, 11) is 0. The highest BCUT2D eigenvalue weighted by atomic mass is 32.1. The molecule has 0 bridgehead atoms. The summed E-state index contributed by atoms with van der Waals surface area (Å²) in [5.74, 6) is -0.894. The minimum absolute atomic E-state index is 0.0373. The Morgan fingerprint density at radius 3 is 2.73 bits per heavy atom. The maximum absolute atomic E-state index is 12.5. The highest BCUT2D eigenvalue weighted by molar-refractivity contribution is 7.22. The van der Waals surface area contributed by atoms with Crippen molar-refractivity contribution in [1.29, 1.82) is 0 Å². The van der Waals surface area contributed by atoms with Gasteiger partial charge in [-0.05, 0) is 23.8 Å². The fraction of sp³-hybridized carbons (Fsp3) is 0.158. The number of aromatic nitrogens is 1. The van der Waals surface area contributed by atoms with Crippen molar-refractivity contribution in [3.05, 3.63) is 59.7 Å². The van der Waals surface area contributed by atoms with E-state index in [0.29, 0.717) is 10.7 Å². The molecule has 130 valence electrons. The molecule has 1 aromatic heterocycles. The standard InChI is InChI=1S/C19H15N3O3S/c23-16(21-19-20-14-7-3-4-8-15(14)26-19)9-10-22-17(24)11-12-5-1-2-6-13(12)18(22)25/h1-8H,9-11H2,(H,20,21,23). The van der Waals surface area contributed by atoms with Crippen LogP contribution < -0.4 is 5.32 Å². The summed E-state index contributed by atoms with van der Waals surface area (Å²) in [6.07, 6.45) is 0.219. The lowest BCUT2D eigenvalue weighted by Crippen LogP contribution is -2.43. The van der Waals surface area contributed by atoms with E-state index in [4.69, 9.17) is 0 Å². The topological polar surface area (TPSA) is 79.4 Å². The summed E-state index contributed by atoms with van der Waals surface area (Å²) >= 11 is 1.39. The number of carbonyl (C=O) groups is 3. The lowest BCUT2D eigenvalue weighted by Gasteiger charge is -2.26. The van der Waals surface area contributed by atoms with E-state index in [0.717, 1.165) is 20.7 Å². The molecule has 0 atom stereocenters. The van der Waals surface area contributed by atoms with E-state index >= 15 is 0 Å². The highest BCUT2D eigenvalue weighted by Gasteiger charge is 2.30. The van der Waals surface area contributed by atoms with E-state index in [1.165, 1.54) is 11.3 Å². The Bertz CT molecular complexity index is 995. The number of hydrogen-bond acceptors (Lipinski definition) is 5. The maximum atomic E-state index is 12.5. The van der Waals surface area contributed by atoms with Crippen molar-refractivity contribution in [2.45, 2.75) is 12.8 Å². The summed E-state index contributed by atoms with van der Waals surface area (Å²) in [5.41, 5.74) is 2.09. The normalized spacial score (nSPS) is 13.8. The average molecular weight is 365 g/mol. The molecule has 0 radical (unpaired) electrons. The number of para-hydroxylation sites is 1. The van der Waals surface area contributed by atoms with Crippen LogP contribution in [0.15, 0.2) is 48.5 Å². The number of amides is 3. The number of nitrogens with zero attached hydrogens (tertiary/aromatic N) is 2. The second-order valence-electron chi connectivity index (χ2n) is 5.97. The van der Waals surface area contributed by atoms with Gasteiger partial charge in [-0.2, -0.15) is 0 Å². The monoisotopic (exact) mass is 365 g/mol. The summed E-state index contributed by atoms with van der Waals surface area (Å²) in [5, 5.41) is 3.25. The van der Waals surface area contributed by atoms with Crippen LogP contribution in [-0.2, 0) is 16.0 Å². The number of anilines is 1. The van der Waals surface area contributed by atoms with Crippen molar-refractivity contribution in [2.75, 3.05) is 11.9 Å². The molecule has 0 saturated heterocycles. The van der Waals surface area contributed by atoms with Crippen molar-refractivity contribution >= 4 is 44.4 Å². The molecule has 0 spiro atoms. The Balaban J connectivity index is 1.41.